The van der Waals surface area contributed by atoms with Crippen LogP contribution in [0.3, 0.4) is 0 Å². The van der Waals surface area contributed by atoms with Gasteiger partial charge in [-0.2, -0.15) is 0 Å². The van der Waals surface area contributed by atoms with Crippen molar-refractivity contribution >= 4 is 37.5 Å². The summed E-state index contributed by atoms with van der Waals surface area (Å²) in [6.07, 6.45) is 0. The predicted octanol–water partition coefficient (Wildman–Crippen LogP) is 7.04. The van der Waals surface area contributed by atoms with E-state index in [1.54, 1.807) is 0 Å². The molecule has 4 aromatic rings. The van der Waals surface area contributed by atoms with E-state index in [4.69, 9.17) is 0 Å². The first kappa shape index (κ1) is 14.5. The minimum atomic E-state index is 1.19. The van der Waals surface area contributed by atoms with Gasteiger partial charge in [0.25, 0.3) is 0 Å². The number of rotatable bonds is 1. The highest BCUT2D eigenvalue weighted by atomic mass is 79.9. The molecule has 0 aliphatic heterocycles. The van der Waals surface area contributed by atoms with Crippen LogP contribution in [0.25, 0.3) is 32.7 Å². The van der Waals surface area contributed by atoms with Gasteiger partial charge < -0.3 is 0 Å². The third-order valence-corrected chi connectivity index (χ3v) is 5.28. The molecular formula is C22H17Br. The summed E-state index contributed by atoms with van der Waals surface area (Å²) in [7, 11) is 0. The van der Waals surface area contributed by atoms with E-state index in [0.717, 1.165) is 0 Å². The molecule has 0 bridgehead atoms. The molecule has 0 spiro atoms. The van der Waals surface area contributed by atoms with E-state index in [9.17, 15) is 0 Å². The van der Waals surface area contributed by atoms with Gasteiger partial charge >= 0.3 is 0 Å². The quantitative estimate of drug-likeness (QED) is 0.319. The van der Waals surface area contributed by atoms with Crippen LogP contribution >= 0.6 is 15.9 Å². The maximum atomic E-state index is 3.85. The maximum absolute atomic E-state index is 3.85. The Balaban J connectivity index is 2.28. The summed E-state index contributed by atoms with van der Waals surface area (Å²) in [5.74, 6) is 0. The Morgan fingerprint density at radius 2 is 1.22 bits per heavy atom. The van der Waals surface area contributed by atoms with Gasteiger partial charge in [0.1, 0.15) is 0 Å². The topological polar surface area (TPSA) is 0 Å². The van der Waals surface area contributed by atoms with Crippen molar-refractivity contribution in [1.29, 1.82) is 0 Å². The van der Waals surface area contributed by atoms with Crippen molar-refractivity contribution in [2.75, 3.05) is 0 Å². The summed E-state index contributed by atoms with van der Waals surface area (Å²) in [6, 6.07) is 24.1. The summed E-state index contributed by atoms with van der Waals surface area (Å²) < 4.78 is 1.19. The highest BCUT2D eigenvalue weighted by Gasteiger charge is 2.14. The molecule has 0 N–H and O–H groups in total. The van der Waals surface area contributed by atoms with Crippen LogP contribution in [0.4, 0.5) is 0 Å². The largest absolute Gasteiger partial charge is 0.0622 e. The van der Waals surface area contributed by atoms with Crippen molar-refractivity contribution in [3.8, 4) is 11.1 Å². The average Bonchev–Trinajstić information content (AvgIpc) is 2.56. The van der Waals surface area contributed by atoms with Crippen molar-refractivity contribution in [1.82, 2.24) is 0 Å². The molecule has 4 aromatic carbocycles. The number of halogens is 1. The van der Waals surface area contributed by atoms with Gasteiger partial charge in [-0.3, -0.25) is 0 Å². The molecular weight excluding hydrogens is 344 g/mol. The second-order valence-electron chi connectivity index (χ2n) is 6.15. The standard InChI is InChI=1S/C22H17Br/c1-14-9-11-18-19(12-14)21(16-6-4-3-5-7-16)17-10-8-15(2)13-20(17)22(18)23/h3-13H,1-2H3. The number of fused-ring (bicyclic) bond motifs is 2. The molecule has 0 aliphatic rings. The highest BCUT2D eigenvalue weighted by Crippen LogP contribution is 2.42. The van der Waals surface area contributed by atoms with Crippen LogP contribution in [0.2, 0.25) is 0 Å². The van der Waals surface area contributed by atoms with Crippen LogP contribution in [0.1, 0.15) is 11.1 Å². The molecule has 0 amide bonds. The molecule has 0 aromatic heterocycles. The summed E-state index contributed by atoms with van der Waals surface area (Å²) in [5, 5.41) is 5.15. The summed E-state index contributed by atoms with van der Waals surface area (Å²) in [4.78, 5) is 0. The average molecular weight is 361 g/mol. The van der Waals surface area contributed by atoms with Gasteiger partial charge in [0.2, 0.25) is 0 Å². The molecule has 4 rings (SSSR count). The smallest absolute Gasteiger partial charge is 0.0332 e. The molecule has 0 unspecified atom stereocenters. The summed E-state index contributed by atoms with van der Waals surface area (Å²) in [5.41, 5.74) is 5.16. The molecule has 0 heterocycles. The van der Waals surface area contributed by atoms with Crippen molar-refractivity contribution < 1.29 is 0 Å². The Labute approximate surface area is 144 Å². The Morgan fingerprint density at radius 3 is 1.91 bits per heavy atom. The molecule has 0 radical (unpaired) electrons. The van der Waals surface area contributed by atoms with Crippen molar-refractivity contribution in [3.63, 3.8) is 0 Å². The molecule has 0 aliphatic carbocycles. The zero-order valence-electron chi connectivity index (χ0n) is 13.2. The van der Waals surface area contributed by atoms with E-state index in [0.29, 0.717) is 0 Å². The first-order valence-corrected chi connectivity index (χ1v) is 8.62. The molecule has 0 fully saturated rings. The summed E-state index contributed by atoms with van der Waals surface area (Å²) >= 11 is 3.85. The second-order valence-corrected chi connectivity index (χ2v) is 6.95. The third-order valence-electron chi connectivity index (χ3n) is 4.42. The lowest BCUT2D eigenvalue weighted by Crippen LogP contribution is -1.89. The number of benzene rings is 4. The van der Waals surface area contributed by atoms with Crippen molar-refractivity contribution in [2.24, 2.45) is 0 Å². The number of hydrogen-bond acceptors (Lipinski definition) is 0. The van der Waals surface area contributed by atoms with Crippen LogP contribution in [0.5, 0.6) is 0 Å². The first-order valence-electron chi connectivity index (χ1n) is 7.83. The Morgan fingerprint density at radius 1 is 0.609 bits per heavy atom. The van der Waals surface area contributed by atoms with E-state index in [1.807, 2.05) is 0 Å². The van der Waals surface area contributed by atoms with E-state index >= 15 is 0 Å². The van der Waals surface area contributed by atoms with Gasteiger partial charge in [0.15, 0.2) is 0 Å². The molecule has 23 heavy (non-hydrogen) atoms. The van der Waals surface area contributed by atoms with Gasteiger partial charge in [-0.05, 0) is 62.4 Å². The van der Waals surface area contributed by atoms with Crippen LogP contribution in [0, 0.1) is 13.8 Å². The highest BCUT2D eigenvalue weighted by molar-refractivity contribution is 9.10. The van der Waals surface area contributed by atoms with Crippen molar-refractivity contribution in [3.05, 3.63) is 82.3 Å². The SMILES string of the molecule is Cc1ccc2c(-c3ccccc3)c3cc(C)ccc3c(Br)c2c1. The molecule has 0 atom stereocenters. The number of aryl methyl sites for hydroxylation is 2. The van der Waals surface area contributed by atoms with Crippen LogP contribution < -0.4 is 0 Å². The van der Waals surface area contributed by atoms with E-state index in [-0.39, 0.29) is 0 Å². The van der Waals surface area contributed by atoms with Gasteiger partial charge in [-0.1, -0.05) is 77.9 Å². The fraction of sp³-hybridized carbons (Fsp3) is 0.0909. The Hall–Kier alpha value is -2.12. The van der Waals surface area contributed by atoms with Crippen LogP contribution in [-0.2, 0) is 0 Å². The normalized spacial score (nSPS) is 11.3. The van der Waals surface area contributed by atoms with Crippen molar-refractivity contribution in [2.45, 2.75) is 13.8 Å². The molecule has 1 heteroatoms. The fourth-order valence-corrected chi connectivity index (χ4v) is 3.99. The lowest BCUT2D eigenvalue weighted by Gasteiger charge is -2.15. The monoisotopic (exact) mass is 360 g/mol. The fourth-order valence-electron chi connectivity index (χ4n) is 3.32. The zero-order chi connectivity index (χ0) is 16.0. The Kier molecular flexibility index (Phi) is 3.46. The van der Waals surface area contributed by atoms with E-state index in [1.165, 1.54) is 48.3 Å². The van der Waals surface area contributed by atoms with E-state index in [2.05, 4.69) is 96.5 Å². The zero-order valence-corrected chi connectivity index (χ0v) is 14.8. The van der Waals surface area contributed by atoms with E-state index < -0.39 is 0 Å². The minimum Gasteiger partial charge on any atom is -0.0622 e. The first-order chi connectivity index (χ1) is 11.1. The van der Waals surface area contributed by atoms with Crippen LogP contribution in [0.15, 0.2) is 71.2 Å². The van der Waals surface area contributed by atoms with Gasteiger partial charge in [0.05, 0.1) is 0 Å². The molecule has 0 saturated heterocycles. The van der Waals surface area contributed by atoms with Gasteiger partial charge in [-0.15, -0.1) is 0 Å². The minimum absolute atomic E-state index is 1.19. The third kappa shape index (κ3) is 2.36. The Bertz CT molecular complexity index is 1030. The molecule has 0 saturated carbocycles. The van der Waals surface area contributed by atoms with Gasteiger partial charge in [-0.25, -0.2) is 0 Å². The predicted molar refractivity (Wildman–Crippen MR) is 104 cm³/mol. The second kappa shape index (κ2) is 5.50. The lowest BCUT2D eigenvalue weighted by molar-refractivity contribution is 1.49. The molecule has 112 valence electrons. The molecule has 0 nitrogen and oxygen atoms in total. The maximum Gasteiger partial charge on any atom is 0.0332 e. The number of hydrogen-bond donors (Lipinski definition) is 0. The lowest BCUT2D eigenvalue weighted by atomic mass is 9.90. The summed E-state index contributed by atoms with van der Waals surface area (Å²) in [6.45, 7) is 4.30. The van der Waals surface area contributed by atoms with Crippen LogP contribution in [-0.4, -0.2) is 0 Å². The van der Waals surface area contributed by atoms with Gasteiger partial charge in [0, 0.05) is 4.47 Å².